The number of hydrogen-bond donors (Lipinski definition) is 1. The second-order valence-corrected chi connectivity index (χ2v) is 6.38. The van der Waals surface area contributed by atoms with Crippen LogP contribution >= 0.6 is 0 Å². The lowest BCUT2D eigenvalue weighted by atomic mass is 9.88. The van der Waals surface area contributed by atoms with Gasteiger partial charge in [-0.25, -0.2) is 0 Å². The Morgan fingerprint density at radius 2 is 1.95 bits per heavy atom. The van der Waals surface area contributed by atoms with Gasteiger partial charge in [0.15, 0.2) is 0 Å². The Bertz CT molecular complexity index is 593. The number of nitrogens with one attached hydrogen (secondary N) is 1. The van der Waals surface area contributed by atoms with Gasteiger partial charge in [-0.1, -0.05) is 32.0 Å². The fraction of sp³-hybridized carbons (Fsp3) is 0.500. The van der Waals surface area contributed by atoms with Crippen molar-refractivity contribution in [2.24, 2.45) is 10.3 Å². The third-order valence-electron chi connectivity index (χ3n) is 3.58. The van der Waals surface area contributed by atoms with Gasteiger partial charge in [-0.3, -0.25) is 0 Å². The largest absolute Gasteiger partial charge is 0.314 e. The molecule has 5 heteroatoms. The van der Waals surface area contributed by atoms with Crippen LogP contribution in [0.1, 0.15) is 32.8 Å². The molecule has 0 bridgehead atoms. The summed E-state index contributed by atoms with van der Waals surface area (Å²) in [7, 11) is -3.50. The van der Waals surface area contributed by atoms with Gasteiger partial charge < -0.3 is 5.32 Å². The lowest BCUT2D eigenvalue weighted by Gasteiger charge is -2.23. The summed E-state index contributed by atoms with van der Waals surface area (Å²) in [5, 5.41) is 3.36. The molecular weight excluding hydrogens is 260 g/mol. The Balaban J connectivity index is 2.46. The summed E-state index contributed by atoms with van der Waals surface area (Å²) in [6.07, 6.45) is 0.858. The normalized spacial score (nSPS) is 19.6. The molecule has 1 heterocycles. The third-order valence-corrected chi connectivity index (χ3v) is 4.93. The molecule has 0 aromatic heterocycles. The highest BCUT2D eigenvalue weighted by atomic mass is 32.2. The Kier molecular flexibility index (Phi) is 4.06. The molecule has 104 valence electrons. The van der Waals surface area contributed by atoms with E-state index in [1.165, 1.54) is 0 Å². The standard InChI is InChI=1S/C14H20N2O2S/c1-4-11(10(3)15-5-2)14-12-8-6-7-9-13(12)19(17,18)16-14/h6-11,15H,4-5H2,1-3H3. The summed E-state index contributed by atoms with van der Waals surface area (Å²) in [4.78, 5) is 0.340. The highest BCUT2D eigenvalue weighted by Crippen LogP contribution is 2.31. The van der Waals surface area contributed by atoms with Crippen molar-refractivity contribution in [1.82, 2.24) is 5.32 Å². The van der Waals surface area contributed by atoms with Crippen molar-refractivity contribution in [2.45, 2.75) is 38.1 Å². The molecular formula is C14H20N2O2S. The summed E-state index contributed by atoms with van der Waals surface area (Å²) in [5.74, 6) is 0.110. The van der Waals surface area contributed by atoms with Gasteiger partial charge in [-0.15, -0.1) is 0 Å². The van der Waals surface area contributed by atoms with Crippen molar-refractivity contribution < 1.29 is 8.42 Å². The summed E-state index contributed by atoms with van der Waals surface area (Å²) in [6.45, 7) is 7.05. The second-order valence-electron chi connectivity index (χ2n) is 4.81. The molecule has 2 unspecified atom stereocenters. The maximum absolute atomic E-state index is 12.1. The maximum atomic E-state index is 12.1. The number of fused-ring (bicyclic) bond motifs is 1. The molecule has 0 saturated carbocycles. The van der Waals surface area contributed by atoms with E-state index >= 15 is 0 Å². The van der Waals surface area contributed by atoms with Crippen molar-refractivity contribution >= 4 is 15.7 Å². The Labute approximate surface area is 115 Å². The van der Waals surface area contributed by atoms with Crippen LogP contribution in [0.4, 0.5) is 0 Å². The molecule has 0 aliphatic carbocycles. The predicted molar refractivity (Wildman–Crippen MR) is 77.1 cm³/mol. The zero-order valence-corrected chi connectivity index (χ0v) is 12.4. The molecule has 19 heavy (non-hydrogen) atoms. The molecule has 2 rings (SSSR count). The van der Waals surface area contributed by atoms with Gasteiger partial charge in [0.25, 0.3) is 10.0 Å². The summed E-state index contributed by atoms with van der Waals surface area (Å²) < 4.78 is 28.1. The van der Waals surface area contributed by atoms with Crippen LogP contribution in [0.15, 0.2) is 33.6 Å². The lowest BCUT2D eigenvalue weighted by molar-refractivity contribution is 0.457. The number of benzene rings is 1. The van der Waals surface area contributed by atoms with Gasteiger partial charge in [0, 0.05) is 17.5 Å². The lowest BCUT2D eigenvalue weighted by Crippen LogP contribution is -2.37. The van der Waals surface area contributed by atoms with Crippen LogP contribution < -0.4 is 5.32 Å². The van der Waals surface area contributed by atoms with Crippen LogP contribution in [-0.2, 0) is 10.0 Å². The number of hydrogen-bond acceptors (Lipinski definition) is 3. The van der Waals surface area contributed by atoms with Crippen molar-refractivity contribution in [3.8, 4) is 0 Å². The molecule has 1 aromatic rings. The summed E-state index contributed by atoms with van der Waals surface area (Å²) in [6, 6.07) is 7.28. The number of nitrogens with zero attached hydrogens (tertiary/aromatic N) is 1. The molecule has 4 nitrogen and oxygen atoms in total. The average Bonchev–Trinajstić information content (AvgIpc) is 2.64. The van der Waals surface area contributed by atoms with Gasteiger partial charge in [0.2, 0.25) is 0 Å². The summed E-state index contributed by atoms with van der Waals surface area (Å²) in [5.41, 5.74) is 1.46. The van der Waals surface area contributed by atoms with Crippen molar-refractivity contribution in [2.75, 3.05) is 6.54 Å². The first-order chi connectivity index (χ1) is 9.01. The smallest absolute Gasteiger partial charge is 0.283 e. The van der Waals surface area contributed by atoms with Crippen LogP contribution in [0, 0.1) is 5.92 Å². The van der Waals surface area contributed by atoms with E-state index in [2.05, 4.69) is 23.6 Å². The van der Waals surface area contributed by atoms with Gasteiger partial charge in [0.05, 0.1) is 10.6 Å². The molecule has 2 atom stereocenters. The molecule has 0 radical (unpaired) electrons. The second kappa shape index (κ2) is 5.43. The molecule has 1 aliphatic rings. The first kappa shape index (κ1) is 14.2. The van der Waals surface area contributed by atoms with Crippen LogP contribution in [0.3, 0.4) is 0 Å². The average molecular weight is 280 g/mol. The maximum Gasteiger partial charge on any atom is 0.283 e. The molecule has 0 spiro atoms. The zero-order chi connectivity index (χ0) is 14.0. The molecule has 0 fully saturated rings. The van der Waals surface area contributed by atoms with Crippen molar-refractivity contribution in [1.29, 1.82) is 0 Å². The van der Waals surface area contributed by atoms with Gasteiger partial charge in [-0.05, 0) is 26.0 Å². The minimum absolute atomic E-state index is 0.110. The Hall–Kier alpha value is -1.20. The molecule has 1 aromatic carbocycles. The first-order valence-electron chi connectivity index (χ1n) is 6.69. The molecule has 1 aliphatic heterocycles. The van der Waals surface area contributed by atoms with E-state index in [4.69, 9.17) is 0 Å². The predicted octanol–water partition coefficient (Wildman–Crippen LogP) is 2.20. The highest BCUT2D eigenvalue weighted by Gasteiger charge is 2.33. The summed E-state index contributed by atoms with van der Waals surface area (Å²) >= 11 is 0. The topological polar surface area (TPSA) is 58.5 Å². The van der Waals surface area contributed by atoms with E-state index in [0.29, 0.717) is 10.6 Å². The van der Waals surface area contributed by atoms with Gasteiger partial charge in [0.1, 0.15) is 0 Å². The van der Waals surface area contributed by atoms with Gasteiger partial charge in [-0.2, -0.15) is 12.8 Å². The van der Waals surface area contributed by atoms with E-state index in [1.807, 2.05) is 19.1 Å². The minimum Gasteiger partial charge on any atom is -0.314 e. The van der Waals surface area contributed by atoms with Crippen molar-refractivity contribution in [3.63, 3.8) is 0 Å². The third kappa shape index (κ3) is 2.58. The molecule has 0 saturated heterocycles. The van der Waals surface area contributed by atoms with E-state index in [9.17, 15) is 8.42 Å². The molecule has 1 N–H and O–H groups in total. The van der Waals surface area contributed by atoms with Crippen LogP contribution in [0.2, 0.25) is 0 Å². The number of sulfonamides is 1. The molecule has 0 amide bonds. The van der Waals surface area contributed by atoms with Crippen molar-refractivity contribution in [3.05, 3.63) is 29.8 Å². The van der Waals surface area contributed by atoms with Gasteiger partial charge >= 0.3 is 0 Å². The zero-order valence-electron chi connectivity index (χ0n) is 11.6. The Morgan fingerprint density at radius 3 is 2.58 bits per heavy atom. The van der Waals surface area contributed by atoms with Crippen LogP contribution in [-0.4, -0.2) is 26.7 Å². The van der Waals surface area contributed by atoms with E-state index in [1.54, 1.807) is 12.1 Å². The van der Waals surface area contributed by atoms with E-state index < -0.39 is 10.0 Å². The van der Waals surface area contributed by atoms with E-state index in [-0.39, 0.29) is 12.0 Å². The minimum atomic E-state index is -3.50. The highest BCUT2D eigenvalue weighted by molar-refractivity contribution is 7.90. The fourth-order valence-electron chi connectivity index (χ4n) is 2.65. The first-order valence-corrected chi connectivity index (χ1v) is 8.13. The quantitative estimate of drug-likeness (QED) is 0.899. The Morgan fingerprint density at radius 1 is 1.26 bits per heavy atom. The SMILES string of the molecule is CCNC(C)C(CC)C1=NS(=O)(=O)c2ccccc21. The van der Waals surface area contributed by atoms with Crippen LogP contribution in [0.5, 0.6) is 0 Å². The fourth-order valence-corrected chi connectivity index (χ4v) is 3.94. The van der Waals surface area contributed by atoms with E-state index in [0.717, 1.165) is 18.5 Å². The monoisotopic (exact) mass is 280 g/mol. The number of rotatable bonds is 5. The van der Waals surface area contributed by atoms with Crippen LogP contribution in [0.25, 0.3) is 0 Å².